The Labute approximate surface area is 147 Å². The summed E-state index contributed by atoms with van der Waals surface area (Å²) in [7, 11) is 0. The van der Waals surface area contributed by atoms with Crippen LogP contribution in [0.25, 0.3) is 5.69 Å². The van der Waals surface area contributed by atoms with E-state index in [0.717, 1.165) is 23.4 Å². The summed E-state index contributed by atoms with van der Waals surface area (Å²) in [5, 5.41) is 7.26. The van der Waals surface area contributed by atoms with Gasteiger partial charge in [-0.3, -0.25) is 4.79 Å². The maximum Gasteiger partial charge on any atom is 0.237 e. The Morgan fingerprint density at radius 3 is 2.58 bits per heavy atom. The first-order valence-electron chi connectivity index (χ1n) is 7.80. The molecule has 132 valence electrons. The lowest BCUT2D eigenvalue weighted by molar-refractivity contribution is -0.123. The summed E-state index contributed by atoms with van der Waals surface area (Å²) in [6.07, 6.45) is 3.24. The van der Waals surface area contributed by atoms with Crippen molar-refractivity contribution < 1.29 is 9.18 Å². The molecule has 1 aromatic carbocycles. The standard InChI is InChI=1S/C17H23FN4O.ClH/c1-4-5-16(19)17(23)21-11(2)15-10-20-22(12(15)3)14-8-6-13(18)7-9-14;/h6-11,16H,4-5,19H2,1-3H3,(H,21,23);1H. The normalized spacial score (nSPS) is 13.0. The second kappa shape index (κ2) is 8.80. The Bertz CT molecular complexity index is 672. The number of carbonyl (C=O) groups is 1. The Hall–Kier alpha value is -1.92. The van der Waals surface area contributed by atoms with E-state index in [2.05, 4.69) is 10.4 Å². The molecule has 2 atom stereocenters. The van der Waals surface area contributed by atoms with Gasteiger partial charge in [0.25, 0.3) is 0 Å². The van der Waals surface area contributed by atoms with E-state index in [1.807, 2.05) is 20.8 Å². The highest BCUT2D eigenvalue weighted by atomic mass is 35.5. The number of benzene rings is 1. The lowest BCUT2D eigenvalue weighted by Crippen LogP contribution is -2.41. The van der Waals surface area contributed by atoms with E-state index in [9.17, 15) is 9.18 Å². The molecule has 0 radical (unpaired) electrons. The van der Waals surface area contributed by atoms with E-state index < -0.39 is 6.04 Å². The van der Waals surface area contributed by atoms with Crippen LogP contribution in [-0.4, -0.2) is 21.7 Å². The largest absolute Gasteiger partial charge is 0.348 e. The Morgan fingerprint density at radius 1 is 1.38 bits per heavy atom. The molecule has 0 fully saturated rings. The van der Waals surface area contributed by atoms with Gasteiger partial charge in [-0.15, -0.1) is 12.4 Å². The van der Waals surface area contributed by atoms with Crippen molar-refractivity contribution in [1.82, 2.24) is 15.1 Å². The van der Waals surface area contributed by atoms with E-state index in [1.165, 1.54) is 12.1 Å². The van der Waals surface area contributed by atoms with Crippen molar-refractivity contribution in [3.8, 4) is 5.69 Å². The summed E-state index contributed by atoms with van der Waals surface area (Å²) in [4.78, 5) is 12.0. The van der Waals surface area contributed by atoms with Crippen LogP contribution in [0.4, 0.5) is 4.39 Å². The number of hydrogen-bond donors (Lipinski definition) is 2. The zero-order valence-corrected chi connectivity index (χ0v) is 14.9. The van der Waals surface area contributed by atoms with Gasteiger partial charge in [0.05, 0.1) is 24.0 Å². The Morgan fingerprint density at radius 2 is 2.00 bits per heavy atom. The lowest BCUT2D eigenvalue weighted by Gasteiger charge is -2.17. The molecule has 7 heteroatoms. The van der Waals surface area contributed by atoms with Crippen molar-refractivity contribution >= 4 is 18.3 Å². The van der Waals surface area contributed by atoms with Gasteiger partial charge in [0.15, 0.2) is 0 Å². The van der Waals surface area contributed by atoms with Crippen LogP contribution < -0.4 is 11.1 Å². The average molecular weight is 355 g/mol. The van der Waals surface area contributed by atoms with Crippen LogP contribution in [0.2, 0.25) is 0 Å². The molecule has 0 bridgehead atoms. The number of hydrogen-bond acceptors (Lipinski definition) is 3. The molecule has 0 aliphatic carbocycles. The summed E-state index contributed by atoms with van der Waals surface area (Å²) >= 11 is 0. The summed E-state index contributed by atoms with van der Waals surface area (Å²) in [5.74, 6) is -0.447. The minimum atomic E-state index is -0.491. The monoisotopic (exact) mass is 354 g/mol. The van der Waals surface area contributed by atoms with Crippen LogP contribution in [0.5, 0.6) is 0 Å². The van der Waals surface area contributed by atoms with Crippen LogP contribution in [0.3, 0.4) is 0 Å². The third-order valence-electron chi connectivity index (χ3n) is 3.88. The zero-order valence-electron chi connectivity index (χ0n) is 14.1. The predicted molar refractivity (Wildman–Crippen MR) is 94.9 cm³/mol. The van der Waals surface area contributed by atoms with Crippen LogP contribution >= 0.6 is 12.4 Å². The summed E-state index contributed by atoms with van der Waals surface area (Å²) in [6.45, 7) is 5.81. The number of nitrogens with one attached hydrogen (secondary N) is 1. The fourth-order valence-electron chi connectivity index (χ4n) is 2.53. The van der Waals surface area contributed by atoms with Gasteiger partial charge in [-0.2, -0.15) is 5.10 Å². The highest BCUT2D eigenvalue weighted by molar-refractivity contribution is 5.85. The first-order valence-corrected chi connectivity index (χ1v) is 7.80. The van der Waals surface area contributed by atoms with Gasteiger partial charge in [-0.1, -0.05) is 13.3 Å². The van der Waals surface area contributed by atoms with Gasteiger partial charge < -0.3 is 11.1 Å². The molecule has 24 heavy (non-hydrogen) atoms. The third kappa shape index (κ3) is 4.55. The third-order valence-corrected chi connectivity index (χ3v) is 3.88. The first kappa shape index (κ1) is 20.1. The van der Waals surface area contributed by atoms with Crippen LogP contribution in [0.1, 0.15) is 44.0 Å². The van der Waals surface area contributed by atoms with Crippen molar-refractivity contribution in [3.05, 3.63) is 47.5 Å². The minimum absolute atomic E-state index is 0. The van der Waals surface area contributed by atoms with Crippen molar-refractivity contribution in [2.45, 2.75) is 45.7 Å². The van der Waals surface area contributed by atoms with Crippen molar-refractivity contribution in [2.24, 2.45) is 5.73 Å². The van der Waals surface area contributed by atoms with Gasteiger partial charge >= 0.3 is 0 Å². The first-order chi connectivity index (χ1) is 10.9. The highest BCUT2D eigenvalue weighted by Gasteiger charge is 2.19. The number of carbonyl (C=O) groups excluding carboxylic acids is 1. The molecule has 5 nitrogen and oxygen atoms in total. The maximum absolute atomic E-state index is 13.0. The van der Waals surface area contributed by atoms with Crippen molar-refractivity contribution in [3.63, 3.8) is 0 Å². The molecule has 3 N–H and O–H groups in total. The topological polar surface area (TPSA) is 72.9 Å². The Balaban J connectivity index is 0.00000288. The zero-order chi connectivity index (χ0) is 17.0. The predicted octanol–water partition coefficient (Wildman–Crippen LogP) is 3.05. The number of nitrogens with two attached hydrogens (primary N) is 1. The van der Waals surface area contributed by atoms with Crippen molar-refractivity contribution in [1.29, 1.82) is 0 Å². The van der Waals surface area contributed by atoms with Crippen LogP contribution in [0, 0.1) is 12.7 Å². The van der Waals surface area contributed by atoms with Crippen LogP contribution in [-0.2, 0) is 4.79 Å². The van der Waals surface area contributed by atoms with E-state index in [4.69, 9.17) is 5.73 Å². The van der Waals surface area contributed by atoms with Gasteiger partial charge in [0, 0.05) is 11.3 Å². The fraction of sp³-hybridized carbons (Fsp3) is 0.412. The smallest absolute Gasteiger partial charge is 0.237 e. The molecule has 2 unspecified atom stereocenters. The quantitative estimate of drug-likeness (QED) is 0.837. The minimum Gasteiger partial charge on any atom is -0.348 e. The molecular formula is C17H24ClFN4O. The Kier molecular flexibility index (Phi) is 7.38. The van der Waals surface area contributed by atoms with E-state index in [0.29, 0.717) is 6.42 Å². The fourth-order valence-corrected chi connectivity index (χ4v) is 2.53. The molecule has 0 aliphatic heterocycles. The molecule has 0 saturated carbocycles. The van der Waals surface area contributed by atoms with Gasteiger partial charge in [-0.25, -0.2) is 9.07 Å². The second-order valence-corrected chi connectivity index (χ2v) is 5.70. The van der Waals surface area contributed by atoms with E-state index >= 15 is 0 Å². The van der Waals surface area contributed by atoms with Gasteiger partial charge in [-0.05, 0) is 44.5 Å². The average Bonchev–Trinajstić information content (AvgIpc) is 2.90. The molecule has 2 aromatic rings. The maximum atomic E-state index is 13.0. The number of halogens is 2. The highest BCUT2D eigenvalue weighted by Crippen LogP contribution is 2.20. The number of nitrogens with zero attached hydrogens (tertiary/aromatic N) is 2. The van der Waals surface area contributed by atoms with E-state index in [1.54, 1.807) is 23.0 Å². The van der Waals surface area contributed by atoms with Crippen molar-refractivity contribution in [2.75, 3.05) is 0 Å². The summed E-state index contributed by atoms with van der Waals surface area (Å²) in [6, 6.07) is 5.43. The van der Waals surface area contributed by atoms with Gasteiger partial charge in [0.2, 0.25) is 5.91 Å². The number of rotatable bonds is 6. The van der Waals surface area contributed by atoms with Gasteiger partial charge in [0.1, 0.15) is 5.82 Å². The lowest BCUT2D eigenvalue weighted by atomic mass is 10.1. The molecular weight excluding hydrogens is 331 g/mol. The summed E-state index contributed by atoms with van der Waals surface area (Å²) in [5.41, 5.74) is 8.41. The molecule has 1 aromatic heterocycles. The van der Waals surface area contributed by atoms with Crippen LogP contribution in [0.15, 0.2) is 30.5 Å². The molecule has 2 rings (SSSR count). The molecule has 1 heterocycles. The van der Waals surface area contributed by atoms with E-state index in [-0.39, 0.29) is 30.2 Å². The number of amides is 1. The summed E-state index contributed by atoms with van der Waals surface area (Å²) < 4.78 is 14.8. The molecule has 0 aliphatic rings. The number of aromatic nitrogens is 2. The molecule has 0 spiro atoms. The SMILES string of the molecule is CCCC(N)C(=O)NC(C)c1cnn(-c2ccc(F)cc2)c1C.Cl. The molecule has 1 amide bonds. The molecule has 0 saturated heterocycles. The second-order valence-electron chi connectivity index (χ2n) is 5.70.